The van der Waals surface area contributed by atoms with Gasteiger partial charge in [-0.25, -0.2) is 27.6 Å². The molecule has 12 heteroatoms. The zero-order chi connectivity index (χ0) is 28.2. The number of hydrogen-bond donors (Lipinski definition) is 3. The summed E-state index contributed by atoms with van der Waals surface area (Å²) in [7, 11) is -3.80. The molecule has 2 aromatic carbocycles. The van der Waals surface area contributed by atoms with Gasteiger partial charge in [-0.3, -0.25) is 0 Å². The Kier molecular flexibility index (Phi) is 8.48. The third-order valence-electron chi connectivity index (χ3n) is 6.19. The number of ether oxygens (including phenoxy) is 1. The molecule has 1 saturated heterocycles. The number of carbonyl (C=O) groups is 1. The van der Waals surface area contributed by atoms with Crippen LogP contribution in [0, 0.1) is 5.82 Å². The molecule has 4 rings (SSSR count). The molecule has 1 aliphatic rings. The lowest BCUT2D eigenvalue weighted by molar-refractivity contribution is 0.0985. The average Bonchev–Trinajstić information content (AvgIpc) is 2.89. The highest BCUT2D eigenvalue weighted by Gasteiger charge is 2.24. The molecule has 208 valence electrons. The van der Waals surface area contributed by atoms with Gasteiger partial charge in [0.05, 0.1) is 47.7 Å². The van der Waals surface area contributed by atoms with Crippen molar-refractivity contribution in [3.05, 3.63) is 66.1 Å². The van der Waals surface area contributed by atoms with Crippen LogP contribution < -0.4 is 15.5 Å². The van der Waals surface area contributed by atoms with E-state index in [-0.39, 0.29) is 23.3 Å². The highest BCUT2D eigenvalue weighted by Crippen LogP contribution is 2.26. The molecule has 1 aromatic heterocycles. The summed E-state index contributed by atoms with van der Waals surface area (Å²) in [6.45, 7) is 6.80. The van der Waals surface area contributed by atoms with Crippen molar-refractivity contribution in [2.45, 2.75) is 43.0 Å². The van der Waals surface area contributed by atoms with Crippen LogP contribution >= 0.6 is 0 Å². The standard InChI is InChI=1S/C27H32FN5O5S/c1-18-15-38-13-12-33(18)24-14-22(16-39(36,37)23-10-6-20(28)7-11-23)29-25(31-24)19-4-8-21(9-5-19)30-26(35)32-27(2,3)17-34/h4-11,14,18,34H,12-13,15-17H2,1-3H3,(H2,30,32,35)/t18-/m0/s1. The highest BCUT2D eigenvalue weighted by molar-refractivity contribution is 7.90. The first-order chi connectivity index (χ1) is 18.5. The van der Waals surface area contributed by atoms with Crippen LogP contribution in [0.15, 0.2) is 59.5 Å². The maximum Gasteiger partial charge on any atom is 0.319 e. The molecular weight excluding hydrogens is 525 g/mol. The van der Waals surface area contributed by atoms with Crippen molar-refractivity contribution in [2.24, 2.45) is 0 Å². The monoisotopic (exact) mass is 557 g/mol. The van der Waals surface area contributed by atoms with E-state index >= 15 is 0 Å². The molecule has 1 aliphatic heterocycles. The molecule has 2 heterocycles. The van der Waals surface area contributed by atoms with Gasteiger partial charge in [-0.1, -0.05) is 0 Å². The van der Waals surface area contributed by atoms with Gasteiger partial charge in [0, 0.05) is 23.9 Å². The Morgan fingerprint density at radius 1 is 1.15 bits per heavy atom. The van der Waals surface area contributed by atoms with E-state index in [1.54, 1.807) is 44.2 Å². The SMILES string of the molecule is C[C@H]1COCCN1c1cc(CS(=O)(=O)c2ccc(F)cc2)nc(-c2ccc(NC(=O)NC(C)(C)CO)cc2)n1. The van der Waals surface area contributed by atoms with Crippen LogP contribution in [0.5, 0.6) is 0 Å². The fraction of sp³-hybridized carbons (Fsp3) is 0.370. The molecule has 2 amide bonds. The summed E-state index contributed by atoms with van der Waals surface area (Å²) in [6, 6.07) is 12.7. The van der Waals surface area contributed by atoms with Crippen molar-refractivity contribution in [3.63, 3.8) is 0 Å². The normalized spacial score (nSPS) is 16.1. The Morgan fingerprint density at radius 2 is 1.85 bits per heavy atom. The number of urea groups is 1. The smallest absolute Gasteiger partial charge is 0.319 e. The molecule has 3 N–H and O–H groups in total. The lowest BCUT2D eigenvalue weighted by atomic mass is 10.1. The van der Waals surface area contributed by atoms with Crippen LogP contribution in [-0.4, -0.2) is 67.5 Å². The molecule has 3 aromatic rings. The van der Waals surface area contributed by atoms with Gasteiger partial charge in [0.25, 0.3) is 0 Å². The summed E-state index contributed by atoms with van der Waals surface area (Å²) in [5, 5.41) is 14.7. The van der Waals surface area contributed by atoms with Crippen molar-refractivity contribution < 1.29 is 27.4 Å². The van der Waals surface area contributed by atoms with E-state index < -0.39 is 27.2 Å². The number of aromatic nitrogens is 2. The molecule has 1 fully saturated rings. The maximum atomic E-state index is 13.4. The molecule has 0 bridgehead atoms. The number of nitrogens with zero attached hydrogens (tertiary/aromatic N) is 3. The predicted octanol–water partition coefficient (Wildman–Crippen LogP) is 3.37. The molecule has 1 atom stereocenters. The number of aliphatic hydroxyl groups is 1. The van der Waals surface area contributed by atoms with Gasteiger partial charge in [0.1, 0.15) is 11.6 Å². The van der Waals surface area contributed by atoms with E-state index in [0.717, 1.165) is 12.1 Å². The van der Waals surface area contributed by atoms with Crippen LogP contribution in [0.2, 0.25) is 0 Å². The number of halogens is 1. The second-order valence-electron chi connectivity index (χ2n) is 10.1. The minimum absolute atomic E-state index is 0.00318. The number of aliphatic hydroxyl groups excluding tert-OH is 1. The second-order valence-corrected chi connectivity index (χ2v) is 12.1. The van der Waals surface area contributed by atoms with Crippen molar-refractivity contribution in [1.82, 2.24) is 15.3 Å². The van der Waals surface area contributed by atoms with Crippen molar-refractivity contribution in [2.75, 3.05) is 36.6 Å². The largest absolute Gasteiger partial charge is 0.394 e. The van der Waals surface area contributed by atoms with Gasteiger partial charge < -0.3 is 25.4 Å². The minimum Gasteiger partial charge on any atom is -0.394 e. The number of morpholine rings is 1. The highest BCUT2D eigenvalue weighted by atomic mass is 32.2. The summed E-state index contributed by atoms with van der Waals surface area (Å²) < 4.78 is 45.1. The Balaban J connectivity index is 1.64. The molecular formula is C27H32FN5O5S. The summed E-state index contributed by atoms with van der Waals surface area (Å²) in [5.41, 5.74) is 0.660. The molecule has 0 radical (unpaired) electrons. The molecule has 0 unspecified atom stereocenters. The van der Waals surface area contributed by atoms with Crippen LogP contribution in [0.3, 0.4) is 0 Å². The summed E-state index contributed by atoms with van der Waals surface area (Å²) in [6.07, 6.45) is 0. The molecule has 0 saturated carbocycles. The zero-order valence-corrected chi connectivity index (χ0v) is 22.8. The number of carbonyl (C=O) groups excluding carboxylic acids is 1. The third-order valence-corrected chi connectivity index (χ3v) is 7.85. The second kappa shape index (κ2) is 11.6. The number of hydrogen-bond acceptors (Lipinski definition) is 8. The Hall–Kier alpha value is -3.61. The van der Waals surface area contributed by atoms with Crippen LogP contribution in [0.1, 0.15) is 26.5 Å². The van der Waals surface area contributed by atoms with Crippen molar-refractivity contribution >= 4 is 27.4 Å². The molecule has 0 spiro atoms. The quantitative estimate of drug-likeness (QED) is 0.359. The molecule has 10 nitrogen and oxygen atoms in total. The number of benzene rings is 2. The topological polar surface area (TPSA) is 134 Å². The van der Waals surface area contributed by atoms with Crippen LogP contribution in [0.4, 0.5) is 20.7 Å². The fourth-order valence-electron chi connectivity index (χ4n) is 4.03. The number of anilines is 2. The molecule has 0 aliphatic carbocycles. The number of nitrogens with one attached hydrogen (secondary N) is 2. The van der Waals surface area contributed by atoms with Gasteiger partial charge in [0.2, 0.25) is 0 Å². The van der Waals surface area contributed by atoms with Crippen molar-refractivity contribution in [1.29, 1.82) is 0 Å². The van der Waals surface area contributed by atoms with Crippen LogP contribution in [0.25, 0.3) is 11.4 Å². The average molecular weight is 558 g/mol. The summed E-state index contributed by atoms with van der Waals surface area (Å²) in [4.78, 5) is 23.6. The van der Waals surface area contributed by atoms with Gasteiger partial charge in [-0.15, -0.1) is 0 Å². The third kappa shape index (κ3) is 7.28. The number of amides is 2. The first-order valence-corrected chi connectivity index (χ1v) is 14.1. The van der Waals surface area contributed by atoms with Gasteiger partial charge in [-0.2, -0.15) is 0 Å². The first-order valence-electron chi connectivity index (χ1n) is 12.5. The zero-order valence-electron chi connectivity index (χ0n) is 22.0. The van der Waals surface area contributed by atoms with E-state index in [0.29, 0.717) is 48.3 Å². The molecule has 39 heavy (non-hydrogen) atoms. The van der Waals surface area contributed by atoms with E-state index in [2.05, 4.69) is 15.6 Å². The van der Waals surface area contributed by atoms with Crippen LogP contribution in [-0.2, 0) is 20.3 Å². The Morgan fingerprint density at radius 3 is 2.49 bits per heavy atom. The summed E-state index contributed by atoms with van der Waals surface area (Å²) in [5.74, 6) is -0.00410. The van der Waals surface area contributed by atoms with Gasteiger partial charge in [0.15, 0.2) is 15.7 Å². The van der Waals surface area contributed by atoms with E-state index in [1.165, 1.54) is 12.1 Å². The minimum atomic E-state index is -3.80. The lowest BCUT2D eigenvalue weighted by Crippen LogP contribution is -2.48. The van der Waals surface area contributed by atoms with Crippen molar-refractivity contribution in [3.8, 4) is 11.4 Å². The lowest BCUT2D eigenvalue weighted by Gasteiger charge is -2.34. The predicted molar refractivity (Wildman–Crippen MR) is 146 cm³/mol. The van der Waals surface area contributed by atoms with Gasteiger partial charge in [-0.05, 0) is 69.3 Å². The fourth-order valence-corrected chi connectivity index (χ4v) is 5.29. The maximum absolute atomic E-state index is 13.4. The van der Waals surface area contributed by atoms with E-state index in [4.69, 9.17) is 9.72 Å². The van der Waals surface area contributed by atoms with E-state index in [9.17, 15) is 22.7 Å². The Labute approximate surface area is 227 Å². The summed E-state index contributed by atoms with van der Waals surface area (Å²) >= 11 is 0. The Bertz CT molecular complexity index is 1420. The first kappa shape index (κ1) is 28.4. The number of rotatable bonds is 8. The van der Waals surface area contributed by atoms with Gasteiger partial charge >= 0.3 is 6.03 Å². The number of sulfone groups is 1. The van der Waals surface area contributed by atoms with E-state index in [1.807, 2.05) is 11.8 Å².